The molecule has 2 aliphatic rings. The highest BCUT2D eigenvalue weighted by molar-refractivity contribution is 7.86. The van der Waals surface area contributed by atoms with Crippen molar-refractivity contribution in [2.45, 2.75) is 76.3 Å². The van der Waals surface area contributed by atoms with E-state index in [-0.39, 0.29) is 0 Å². The van der Waals surface area contributed by atoms with E-state index in [1.54, 1.807) is 5.30 Å². The summed E-state index contributed by atoms with van der Waals surface area (Å²) in [6, 6.07) is 9.17. The predicted octanol–water partition coefficient (Wildman–Crippen LogP) is 6.62. The maximum absolute atomic E-state index is 2.62. The Morgan fingerprint density at radius 3 is 1.95 bits per heavy atom. The van der Waals surface area contributed by atoms with Crippen LogP contribution < -0.4 is 5.30 Å². The average Bonchev–Trinajstić information content (AvgIpc) is 2.87. The molecule has 1 aromatic carbocycles. The van der Waals surface area contributed by atoms with Crippen molar-refractivity contribution in [1.29, 1.82) is 0 Å². The molecule has 1 saturated carbocycles. The van der Waals surface area contributed by atoms with Gasteiger partial charge in [-0.25, -0.2) is 0 Å². The van der Waals surface area contributed by atoms with Gasteiger partial charge in [-0.15, -0.1) is 0 Å². The Kier molecular flexibility index (Phi) is 5.75. The first-order chi connectivity index (χ1) is 10.8. The maximum atomic E-state index is 2.62. The first-order valence-corrected chi connectivity index (χ1v) is 11.8. The van der Waals surface area contributed by atoms with E-state index in [1.165, 1.54) is 76.2 Å². The summed E-state index contributed by atoms with van der Waals surface area (Å²) in [4.78, 5) is 0. The minimum atomic E-state index is -1.07. The van der Waals surface area contributed by atoms with Gasteiger partial charge in [0.05, 0.1) is 0 Å². The van der Waals surface area contributed by atoms with Gasteiger partial charge in [0.1, 0.15) is 0 Å². The summed E-state index contributed by atoms with van der Waals surface area (Å²) in [6.45, 7) is 2.60. The Hall–Kier alpha value is -0.610. The fourth-order valence-electron chi connectivity index (χ4n) is 4.38. The normalized spacial score (nSPS) is 27.9. The Morgan fingerprint density at radius 2 is 1.32 bits per heavy atom. The Bertz CT molecular complexity index is 492. The highest BCUT2D eigenvalue weighted by Crippen LogP contribution is 2.66. The van der Waals surface area contributed by atoms with Crippen LogP contribution in [0.15, 0.2) is 30.1 Å². The van der Waals surface area contributed by atoms with Gasteiger partial charge in [0, 0.05) is 0 Å². The third-order valence-electron chi connectivity index (χ3n) is 5.85. The van der Waals surface area contributed by atoms with Crippen LogP contribution >= 0.6 is 7.26 Å². The van der Waals surface area contributed by atoms with Crippen molar-refractivity contribution in [3.05, 3.63) is 35.6 Å². The molecule has 0 spiro atoms. The minimum Gasteiger partial charge on any atom is -0.0767 e. The van der Waals surface area contributed by atoms with Crippen LogP contribution in [-0.2, 0) is 0 Å². The topological polar surface area (TPSA) is 0 Å². The molecule has 1 atom stereocenters. The molecular formula is C21H32P. The summed E-state index contributed by atoms with van der Waals surface area (Å²) in [7, 11) is -1.07. The van der Waals surface area contributed by atoms with Gasteiger partial charge in [0.25, 0.3) is 0 Å². The van der Waals surface area contributed by atoms with Crippen LogP contribution in [0.5, 0.6) is 0 Å². The fraction of sp³-hybridized carbons (Fsp3) is 0.619. The molecule has 1 heterocycles. The van der Waals surface area contributed by atoms with Crippen LogP contribution in [0.25, 0.3) is 6.08 Å². The molecule has 0 nitrogen and oxygen atoms in total. The molecule has 0 saturated heterocycles. The van der Waals surface area contributed by atoms with Crippen LogP contribution in [0.1, 0.15) is 76.2 Å². The number of benzene rings is 1. The van der Waals surface area contributed by atoms with E-state index in [9.17, 15) is 0 Å². The van der Waals surface area contributed by atoms with Crippen LogP contribution in [-0.4, -0.2) is 12.3 Å². The second-order valence-electron chi connectivity index (χ2n) is 7.43. The average molecular weight is 315 g/mol. The molecule has 1 aliphatic heterocycles. The van der Waals surface area contributed by atoms with Gasteiger partial charge < -0.3 is 0 Å². The molecule has 0 aromatic heterocycles. The second kappa shape index (κ2) is 7.78. The van der Waals surface area contributed by atoms with Gasteiger partial charge >= 0.3 is 0 Å². The van der Waals surface area contributed by atoms with Gasteiger partial charge in [0.15, 0.2) is 0 Å². The third kappa shape index (κ3) is 3.65. The van der Waals surface area contributed by atoms with Crippen molar-refractivity contribution in [3.63, 3.8) is 0 Å². The van der Waals surface area contributed by atoms with Crippen molar-refractivity contribution in [1.82, 2.24) is 0 Å². The Morgan fingerprint density at radius 1 is 0.773 bits per heavy atom. The van der Waals surface area contributed by atoms with Crippen molar-refractivity contribution in [2.75, 3.05) is 6.66 Å². The van der Waals surface area contributed by atoms with Gasteiger partial charge in [-0.2, -0.15) is 0 Å². The van der Waals surface area contributed by atoms with Crippen molar-refractivity contribution in [2.24, 2.45) is 0 Å². The molecule has 1 radical (unpaired) electrons. The van der Waals surface area contributed by atoms with Gasteiger partial charge in [-0.1, -0.05) is 101 Å². The highest BCUT2D eigenvalue weighted by Gasteiger charge is 2.34. The molecule has 0 amide bonds. The van der Waals surface area contributed by atoms with Crippen LogP contribution in [0.3, 0.4) is 0 Å². The Balaban J connectivity index is 1.73. The lowest BCUT2D eigenvalue weighted by Crippen LogP contribution is -2.21. The lowest BCUT2D eigenvalue weighted by molar-refractivity contribution is 0.507. The maximum Gasteiger partial charge on any atom is -0.0172 e. The zero-order valence-corrected chi connectivity index (χ0v) is 15.2. The quantitative estimate of drug-likeness (QED) is 0.511. The van der Waals surface area contributed by atoms with E-state index in [4.69, 9.17) is 0 Å². The van der Waals surface area contributed by atoms with E-state index in [0.29, 0.717) is 0 Å². The molecule has 3 rings (SSSR count). The minimum absolute atomic E-state index is 0.937. The molecule has 1 unspecified atom stereocenters. The number of rotatable bonds is 1. The van der Waals surface area contributed by atoms with E-state index < -0.39 is 7.26 Å². The molecule has 1 aromatic rings. The molecule has 0 N–H and O–H groups in total. The van der Waals surface area contributed by atoms with E-state index in [1.807, 2.05) is 0 Å². The molecule has 1 fully saturated rings. The summed E-state index contributed by atoms with van der Waals surface area (Å²) in [5, 5.41) is 1.69. The lowest BCUT2D eigenvalue weighted by atomic mass is 10.0. The smallest absolute Gasteiger partial charge is 0.0172 e. The molecular weight excluding hydrogens is 283 g/mol. The van der Waals surface area contributed by atoms with Crippen molar-refractivity contribution in [3.8, 4) is 0 Å². The first kappa shape index (κ1) is 16.3. The zero-order chi connectivity index (χ0) is 15.3. The largest absolute Gasteiger partial charge is 0.0767 e. The molecule has 22 heavy (non-hydrogen) atoms. The standard InChI is InChI=1S/C21H32P/c1-22(18-17-19-13-11-12-16-21(19)22)20-14-9-7-5-3-2-4-6-8-10-15-20/h11-13,16-18,20H,2-10,14-15H2,1H3. The van der Waals surface area contributed by atoms with E-state index in [2.05, 4.69) is 42.8 Å². The summed E-state index contributed by atoms with van der Waals surface area (Å²) in [6.07, 6.45) is 18.5. The van der Waals surface area contributed by atoms with Gasteiger partial charge in [-0.3, -0.25) is 0 Å². The van der Waals surface area contributed by atoms with E-state index in [0.717, 1.165) is 5.66 Å². The molecule has 0 bridgehead atoms. The monoisotopic (exact) mass is 315 g/mol. The number of fused-ring (bicyclic) bond motifs is 1. The number of hydrogen-bond donors (Lipinski definition) is 0. The highest BCUT2D eigenvalue weighted by atomic mass is 31.2. The first-order valence-electron chi connectivity index (χ1n) is 9.45. The molecule has 121 valence electrons. The second-order valence-corrected chi connectivity index (χ2v) is 11.2. The summed E-state index contributed by atoms with van der Waals surface area (Å²) < 4.78 is 0. The van der Waals surface area contributed by atoms with Gasteiger partial charge in [0.2, 0.25) is 0 Å². The number of hydrogen-bond acceptors (Lipinski definition) is 0. The Labute approximate surface area is 137 Å². The van der Waals surface area contributed by atoms with Crippen LogP contribution in [0.4, 0.5) is 0 Å². The van der Waals surface area contributed by atoms with E-state index >= 15 is 0 Å². The molecule has 1 aliphatic carbocycles. The SMILES string of the molecule is C[P]1(C2CCCCCCCCCCC2)C=Cc2ccccc21. The summed E-state index contributed by atoms with van der Waals surface area (Å²) in [5.74, 6) is 2.62. The lowest BCUT2D eigenvalue weighted by Gasteiger charge is -2.37. The molecule has 1 heteroatoms. The fourth-order valence-corrected chi connectivity index (χ4v) is 8.20. The predicted molar refractivity (Wildman–Crippen MR) is 103 cm³/mol. The van der Waals surface area contributed by atoms with Crippen molar-refractivity contribution < 1.29 is 0 Å². The van der Waals surface area contributed by atoms with Crippen LogP contribution in [0, 0.1) is 0 Å². The summed E-state index contributed by atoms with van der Waals surface area (Å²) >= 11 is 0. The van der Waals surface area contributed by atoms with Crippen molar-refractivity contribution >= 4 is 18.6 Å². The third-order valence-corrected chi connectivity index (χ3v) is 10.1. The van der Waals surface area contributed by atoms with Crippen LogP contribution in [0.2, 0.25) is 0 Å². The van der Waals surface area contributed by atoms with Gasteiger partial charge in [-0.05, 0) is 36.0 Å². The summed E-state index contributed by atoms with van der Waals surface area (Å²) in [5.41, 5.74) is 2.44. The zero-order valence-electron chi connectivity index (χ0n) is 14.3.